The summed E-state index contributed by atoms with van der Waals surface area (Å²) in [5, 5.41) is 7.77. The van der Waals surface area contributed by atoms with E-state index in [1.165, 1.54) is 31.2 Å². The normalized spacial score (nSPS) is 28.1. The molecule has 2 saturated carbocycles. The number of rotatable bonds is 4. The fourth-order valence-corrected chi connectivity index (χ4v) is 5.00. The van der Waals surface area contributed by atoms with Crippen LogP contribution in [-0.4, -0.2) is 21.7 Å². The lowest BCUT2D eigenvalue weighted by molar-refractivity contribution is -0.125. The van der Waals surface area contributed by atoms with E-state index >= 15 is 0 Å². The molecule has 4 nitrogen and oxygen atoms in total. The fourth-order valence-electron chi connectivity index (χ4n) is 5.00. The van der Waals surface area contributed by atoms with E-state index < -0.39 is 0 Å². The van der Waals surface area contributed by atoms with Crippen LogP contribution in [0.15, 0.2) is 36.4 Å². The summed E-state index contributed by atoms with van der Waals surface area (Å²) in [4.78, 5) is 12.7. The van der Waals surface area contributed by atoms with E-state index in [-0.39, 0.29) is 11.9 Å². The predicted molar refractivity (Wildman–Crippen MR) is 98.3 cm³/mol. The zero-order valence-electron chi connectivity index (χ0n) is 15.1. The van der Waals surface area contributed by atoms with Crippen LogP contribution in [0.25, 0.3) is 0 Å². The van der Waals surface area contributed by atoms with Gasteiger partial charge in [0.2, 0.25) is 5.91 Å². The SMILES string of the molecule is Cc1cc(C)n(CC(=O)N[C@H]2[C@H]3CCCC[C@@H]3[C@@H]2c2ccccc2)n1. The van der Waals surface area contributed by atoms with Crippen molar-refractivity contribution < 1.29 is 4.79 Å². The Morgan fingerprint density at radius 1 is 1.16 bits per heavy atom. The molecule has 2 fully saturated rings. The highest BCUT2D eigenvalue weighted by Gasteiger charge is 2.51. The van der Waals surface area contributed by atoms with Gasteiger partial charge >= 0.3 is 0 Å². The smallest absolute Gasteiger partial charge is 0.241 e. The van der Waals surface area contributed by atoms with Gasteiger partial charge in [0.1, 0.15) is 6.54 Å². The van der Waals surface area contributed by atoms with Crippen LogP contribution in [0.3, 0.4) is 0 Å². The summed E-state index contributed by atoms with van der Waals surface area (Å²) in [7, 11) is 0. The molecular formula is C21H27N3O. The van der Waals surface area contributed by atoms with Crippen LogP contribution in [0.4, 0.5) is 0 Å². The summed E-state index contributed by atoms with van der Waals surface area (Å²) in [6.45, 7) is 4.28. The van der Waals surface area contributed by atoms with Gasteiger partial charge in [-0.2, -0.15) is 5.10 Å². The van der Waals surface area contributed by atoms with Gasteiger partial charge in [-0.1, -0.05) is 43.2 Å². The van der Waals surface area contributed by atoms with E-state index in [4.69, 9.17) is 0 Å². The standard InChI is InChI=1S/C21H27N3O/c1-14-12-15(2)24(23-14)13-19(25)22-21-18-11-7-6-10-17(18)20(21)16-8-4-3-5-9-16/h3-5,8-9,12,17-18,20-21H,6-7,10-11,13H2,1-2H3,(H,22,25)/t17-,18-,20-,21-/m0/s1. The third-order valence-electron chi connectivity index (χ3n) is 6.09. The van der Waals surface area contributed by atoms with Gasteiger partial charge in [0.25, 0.3) is 0 Å². The first-order chi connectivity index (χ1) is 12.1. The number of carbonyl (C=O) groups is 1. The number of hydrogen-bond donors (Lipinski definition) is 1. The molecule has 25 heavy (non-hydrogen) atoms. The Bertz CT molecular complexity index is 752. The van der Waals surface area contributed by atoms with Crippen molar-refractivity contribution in [2.24, 2.45) is 11.8 Å². The molecule has 1 N–H and O–H groups in total. The van der Waals surface area contributed by atoms with Gasteiger partial charge in [-0.25, -0.2) is 0 Å². The number of nitrogens with one attached hydrogen (secondary N) is 1. The van der Waals surface area contributed by atoms with Crippen molar-refractivity contribution in [2.75, 3.05) is 0 Å². The molecule has 0 radical (unpaired) electrons. The van der Waals surface area contributed by atoms with Gasteiger partial charge in [-0.3, -0.25) is 9.48 Å². The van der Waals surface area contributed by atoms with Crippen LogP contribution in [0, 0.1) is 25.7 Å². The molecule has 4 rings (SSSR count). The predicted octanol–water partition coefficient (Wildman–Crippen LogP) is 3.59. The van der Waals surface area contributed by atoms with Gasteiger partial charge in [0.05, 0.1) is 5.69 Å². The minimum absolute atomic E-state index is 0.0844. The van der Waals surface area contributed by atoms with E-state index in [0.717, 1.165) is 17.3 Å². The molecule has 0 aliphatic heterocycles. The van der Waals surface area contributed by atoms with Gasteiger partial charge in [-0.15, -0.1) is 0 Å². The molecule has 0 bridgehead atoms. The van der Waals surface area contributed by atoms with Gasteiger partial charge in [-0.05, 0) is 50.2 Å². The Hall–Kier alpha value is -2.10. The highest BCUT2D eigenvalue weighted by Crippen LogP contribution is 2.54. The quantitative estimate of drug-likeness (QED) is 0.927. The maximum atomic E-state index is 12.7. The summed E-state index contributed by atoms with van der Waals surface area (Å²) in [5.74, 6) is 1.93. The van der Waals surface area contributed by atoms with Crippen molar-refractivity contribution in [1.82, 2.24) is 15.1 Å². The fraction of sp³-hybridized carbons (Fsp3) is 0.524. The number of carbonyl (C=O) groups excluding carboxylic acids is 1. The molecule has 4 atom stereocenters. The second-order valence-electron chi connectivity index (χ2n) is 7.73. The molecule has 1 aromatic carbocycles. The molecule has 0 saturated heterocycles. The molecule has 1 amide bonds. The van der Waals surface area contributed by atoms with Crippen LogP contribution < -0.4 is 5.32 Å². The Balaban J connectivity index is 1.49. The average molecular weight is 337 g/mol. The second-order valence-corrected chi connectivity index (χ2v) is 7.73. The highest BCUT2D eigenvalue weighted by atomic mass is 16.2. The van der Waals surface area contributed by atoms with Gasteiger partial charge in [0.15, 0.2) is 0 Å². The molecule has 2 aliphatic carbocycles. The first-order valence-electron chi connectivity index (χ1n) is 9.49. The van der Waals surface area contributed by atoms with E-state index in [2.05, 4.69) is 40.7 Å². The molecule has 2 aliphatic rings. The highest BCUT2D eigenvalue weighted by molar-refractivity contribution is 5.76. The molecule has 4 heteroatoms. The number of fused-ring (bicyclic) bond motifs is 1. The summed E-state index contributed by atoms with van der Waals surface area (Å²) >= 11 is 0. The number of aryl methyl sites for hydroxylation is 2. The monoisotopic (exact) mass is 337 g/mol. The number of aromatic nitrogens is 2. The molecule has 1 heterocycles. The van der Waals surface area contributed by atoms with Crippen LogP contribution >= 0.6 is 0 Å². The Labute approximate surface area is 149 Å². The summed E-state index contributed by atoms with van der Waals surface area (Å²) in [6.07, 6.45) is 5.18. The lowest BCUT2D eigenvalue weighted by atomic mass is 9.53. The van der Waals surface area contributed by atoms with Crippen molar-refractivity contribution in [1.29, 1.82) is 0 Å². The minimum atomic E-state index is 0.0844. The van der Waals surface area contributed by atoms with Gasteiger partial charge in [0, 0.05) is 17.7 Å². The zero-order valence-corrected chi connectivity index (χ0v) is 15.1. The lowest BCUT2D eigenvalue weighted by Gasteiger charge is -2.55. The average Bonchev–Trinajstić information content (AvgIpc) is 2.91. The van der Waals surface area contributed by atoms with Crippen LogP contribution in [0.2, 0.25) is 0 Å². The summed E-state index contributed by atoms with van der Waals surface area (Å²) in [5.41, 5.74) is 3.38. The number of hydrogen-bond acceptors (Lipinski definition) is 2. The third-order valence-corrected chi connectivity index (χ3v) is 6.09. The lowest BCUT2D eigenvalue weighted by Crippen LogP contribution is -2.59. The second kappa shape index (κ2) is 6.66. The molecule has 1 aromatic heterocycles. The van der Waals surface area contributed by atoms with Crippen molar-refractivity contribution in [3.63, 3.8) is 0 Å². The summed E-state index contributed by atoms with van der Waals surface area (Å²) in [6, 6.07) is 13.0. The van der Waals surface area contributed by atoms with Crippen LogP contribution in [-0.2, 0) is 11.3 Å². The first kappa shape index (κ1) is 16.4. The van der Waals surface area contributed by atoms with E-state index in [9.17, 15) is 4.79 Å². The molecule has 0 spiro atoms. The van der Waals surface area contributed by atoms with Crippen molar-refractivity contribution in [3.8, 4) is 0 Å². The Morgan fingerprint density at radius 3 is 2.56 bits per heavy atom. The Morgan fingerprint density at radius 2 is 1.88 bits per heavy atom. The van der Waals surface area contributed by atoms with Gasteiger partial charge < -0.3 is 5.32 Å². The number of nitrogens with zero attached hydrogens (tertiary/aromatic N) is 2. The van der Waals surface area contributed by atoms with Crippen molar-refractivity contribution in [3.05, 3.63) is 53.3 Å². The minimum Gasteiger partial charge on any atom is -0.351 e. The van der Waals surface area contributed by atoms with Crippen LogP contribution in [0.1, 0.15) is 48.6 Å². The maximum Gasteiger partial charge on any atom is 0.241 e. The summed E-state index contributed by atoms with van der Waals surface area (Å²) < 4.78 is 1.80. The molecule has 0 unspecified atom stereocenters. The number of amides is 1. The Kier molecular flexibility index (Phi) is 4.36. The number of benzene rings is 1. The maximum absolute atomic E-state index is 12.7. The zero-order chi connectivity index (χ0) is 17.4. The molecular weight excluding hydrogens is 310 g/mol. The van der Waals surface area contributed by atoms with E-state index in [1.54, 1.807) is 4.68 Å². The van der Waals surface area contributed by atoms with Crippen molar-refractivity contribution in [2.45, 2.75) is 58.0 Å². The first-order valence-corrected chi connectivity index (χ1v) is 9.49. The van der Waals surface area contributed by atoms with E-state index in [1.807, 2.05) is 19.9 Å². The van der Waals surface area contributed by atoms with Crippen LogP contribution in [0.5, 0.6) is 0 Å². The topological polar surface area (TPSA) is 46.9 Å². The largest absolute Gasteiger partial charge is 0.351 e. The van der Waals surface area contributed by atoms with E-state index in [0.29, 0.717) is 18.4 Å². The third kappa shape index (κ3) is 3.10. The van der Waals surface area contributed by atoms with Crippen molar-refractivity contribution >= 4 is 5.91 Å². The molecule has 2 aromatic rings. The molecule has 132 valence electrons.